The Morgan fingerprint density at radius 3 is 1.61 bits per heavy atom. The SMILES string of the molecule is C#CCC(C(O)c1cc2c(cc1OC)C(=O)N1CC(=C)CC1C(=O)N2)C(O)c1cc2c(cc1OC)C(=O)N1CC(=C)CC1C(=O)N2. The number of methoxy groups -OCH3 is 2. The summed E-state index contributed by atoms with van der Waals surface area (Å²) in [6.07, 6.45) is 3.35. The molecule has 4 aliphatic heterocycles. The number of aliphatic hydroxyl groups excluding tert-OH is 2. The van der Waals surface area contributed by atoms with Gasteiger partial charge in [0, 0.05) is 36.6 Å². The largest absolute Gasteiger partial charge is 0.496 e. The summed E-state index contributed by atoms with van der Waals surface area (Å²) in [6, 6.07) is 4.40. The molecule has 12 heteroatoms. The molecule has 46 heavy (non-hydrogen) atoms. The van der Waals surface area contributed by atoms with E-state index in [1.165, 1.54) is 48.3 Å². The molecular formula is C34H34N4O8. The normalized spacial score (nSPS) is 22.3. The van der Waals surface area contributed by atoms with Crippen molar-refractivity contribution in [3.63, 3.8) is 0 Å². The summed E-state index contributed by atoms with van der Waals surface area (Å²) >= 11 is 0. The van der Waals surface area contributed by atoms with E-state index in [0.29, 0.717) is 12.8 Å². The van der Waals surface area contributed by atoms with Gasteiger partial charge in [-0.25, -0.2) is 0 Å². The lowest BCUT2D eigenvalue weighted by atomic mass is 9.83. The molecule has 4 atom stereocenters. The zero-order valence-corrected chi connectivity index (χ0v) is 25.5. The van der Waals surface area contributed by atoms with Gasteiger partial charge < -0.3 is 40.1 Å². The molecule has 4 heterocycles. The van der Waals surface area contributed by atoms with Crippen LogP contribution in [0.15, 0.2) is 48.6 Å². The molecule has 0 aromatic heterocycles. The number of hydrogen-bond acceptors (Lipinski definition) is 8. The van der Waals surface area contributed by atoms with Crippen LogP contribution in [-0.2, 0) is 9.59 Å². The molecule has 4 amide bonds. The smallest absolute Gasteiger partial charge is 0.257 e. The van der Waals surface area contributed by atoms with Crippen LogP contribution in [0.1, 0.15) is 63.3 Å². The van der Waals surface area contributed by atoms with Gasteiger partial charge in [0.05, 0.1) is 48.9 Å². The van der Waals surface area contributed by atoms with Crippen molar-refractivity contribution >= 4 is 35.0 Å². The van der Waals surface area contributed by atoms with Crippen LogP contribution < -0.4 is 20.1 Å². The molecule has 6 rings (SSSR count). The molecule has 238 valence electrons. The van der Waals surface area contributed by atoms with Crippen molar-refractivity contribution in [2.45, 2.75) is 43.6 Å². The Bertz CT molecular complexity index is 1640. The van der Waals surface area contributed by atoms with E-state index in [9.17, 15) is 29.4 Å². The third-order valence-corrected chi connectivity index (χ3v) is 9.15. The van der Waals surface area contributed by atoms with Gasteiger partial charge in [-0.2, -0.15) is 0 Å². The standard InChI is InChI=1S/C34H34N4O8/c1-6-7-18(29(39)21-10-23-19(12-27(21)45-4)33(43)37-14-16(2)8-25(37)31(41)35-23)30(40)22-11-24-20(13-28(22)46-5)34(44)38-15-17(3)9-26(38)32(42)36-24/h1,10-13,18,25-26,29-30,39-40H,2-3,7-9,14-15H2,4-5H3,(H,35,41)(H,36,42). The highest BCUT2D eigenvalue weighted by Crippen LogP contribution is 2.45. The number of carbonyl (C=O) groups excluding carboxylic acids is 4. The zero-order valence-electron chi connectivity index (χ0n) is 25.5. The second-order valence-electron chi connectivity index (χ2n) is 12.0. The first-order valence-corrected chi connectivity index (χ1v) is 14.8. The van der Waals surface area contributed by atoms with Crippen LogP contribution in [0.2, 0.25) is 0 Å². The number of anilines is 2. The number of nitrogens with zero attached hydrogens (tertiary/aromatic N) is 2. The predicted molar refractivity (Wildman–Crippen MR) is 167 cm³/mol. The number of carbonyl (C=O) groups is 4. The van der Waals surface area contributed by atoms with Gasteiger partial charge in [0.2, 0.25) is 11.8 Å². The average Bonchev–Trinajstić information content (AvgIpc) is 3.59. The number of aliphatic hydroxyl groups is 2. The van der Waals surface area contributed by atoms with Crippen molar-refractivity contribution in [1.82, 2.24) is 9.80 Å². The summed E-state index contributed by atoms with van der Waals surface area (Å²) in [5, 5.41) is 29.2. The Morgan fingerprint density at radius 1 is 0.826 bits per heavy atom. The number of rotatable bonds is 7. The number of nitrogens with one attached hydrogen (secondary N) is 2. The van der Waals surface area contributed by atoms with Gasteiger partial charge in [-0.1, -0.05) is 24.3 Å². The van der Waals surface area contributed by atoms with Crippen molar-refractivity contribution in [3.8, 4) is 23.8 Å². The highest BCUT2D eigenvalue weighted by Gasteiger charge is 2.43. The molecule has 0 spiro atoms. The van der Waals surface area contributed by atoms with E-state index in [4.69, 9.17) is 15.9 Å². The molecule has 0 saturated carbocycles. The summed E-state index contributed by atoms with van der Waals surface area (Å²) in [5.74, 6) is 0.207. The Labute approximate surface area is 265 Å². The highest BCUT2D eigenvalue weighted by atomic mass is 16.5. The summed E-state index contributed by atoms with van der Waals surface area (Å²) in [5.41, 5.74) is 2.64. The van der Waals surface area contributed by atoms with E-state index in [1.54, 1.807) is 0 Å². The Hall–Kier alpha value is -5.12. The molecule has 2 saturated heterocycles. The lowest BCUT2D eigenvalue weighted by Crippen LogP contribution is -2.40. The second-order valence-corrected chi connectivity index (χ2v) is 12.0. The predicted octanol–water partition coefficient (Wildman–Crippen LogP) is 2.56. The van der Waals surface area contributed by atoms with Crippen molar-refractivity contribution in [2.24, 2.45) is 5.92 Å². The van der Waals surface area contributed by atoms with Crippen LogP contribution >= 0.6 is 0 Å². The summed E-state index contributed by atoms with van der Waals surface area (Å²) in [6.45, 7) is 8.35. The Kier molecular flexibility index (Phi) is 7.83. The maximum Gasteiger partial charge on any atom is 0.257 e. The zero-order chi connectivity index (χ0) is 33.0. The quantitative estimate of drug-likeness (QED) is 0.270. The monoisotopic (exact) mass is 626 g/mol. The van der Waals surface area contributed by atoms with Gasteiger partial charge in [-0.15, -0.1) is 12.3 Å². The molecule has 0 aliphatic carbocycles. The van der Waals surface area contributed by atoms with Gasteiger partial charge in [-0.3, -0.25) is 19.2 Å². The van der Waals surface area contributed by atoms with Crippen molar-refractivity contribution in [1.29, 1.82) is 0 Å². The molecule has 12 nitrogen and oxygen atoms in total. The number of amides is 4. The van der Waals surface area contributed by atoms with E-state index in [-0.39, 0.29) is 88.3 Å². The second kappa shape index (κ2) is 11.7. The van der Waals surface area contributed by atoms with Crippen LogP contribution in [0.25, 0.3) is 0 Å². The van der Waals surface area contributed by atoms with E-state index in [0.717, 1.165) is 11.1 Å². The minimum atomic E-state index is -1.46. The third kappa shape index (κ3) is 4.98. The molecule has 4 unspecified atom stereocenters. The number of hydrogen-bond donors (Lipinski definition) is 4. The van der Waals surface area contributed by atoms with E-state index in [1.807, 2.05) is 0 Å². The van der Waals surface area contributed by atoms with Crippen LogP contribution in [0.3, 0.4) is 0 Å². The van der Waals surface area contributed by atoms with Gasteiger partial charge in [0.15, 0.2) is 0 Å². The summed E-state index contributed by atoms with van der Waals surface area (Å²) < 4.78 is 11.2. The first-order chi connectivity index (χ1) is 22.0. The Morgan fingerprint density at radius 2 is 1.24 bits per heavy atom. The lowest BCUT2D eigenvalue weighted by Gasteiger charge is -2.29. The molecule has 4 N–H and O–H groups in total. The van der Waals surface area contributed by atoms with Crippen LogP contribution in [0.5, 0.6) is 11.5 Å². The van der Waals surface area contributed by atoms with Crippen molar-refractivity contribution in [2.75, 3.05) is 37.9 Å². The highest BCUT2D eigenvalue weighted by molar-refractivity contribution is 6.12. The first kappa shape index (κ1) is 30.9. The lowest BCUT2D eigenvalue weighted by molar-refractivity contribution is -0.120. The number of fused-ring (bicyclic) bond motifs is 4. The molecule has 2 aromatic rings. The van der Waals surface area contributed by atoms with E-state index >= 15 is 0 Å². The fourth-order valence-corrected chi connectivity index (χ4v) is 6.80. The molecule has 2 fully saturated rings. The molecular weight excluding hydrogens is 592 g/mol. The minimum Gasteiger partial charge on any atom is -0.496 e. The van der Waals surface area contributed by atoms with E-state index < -0.39 is 30.2 Å². The average molecular weight is 627 g/mol. The number of ether oxygens (including phenoxy) is 2. The fraction of sp³-hybridized carbons (Fsp3) is 0.353. The van der Waals surface area contributed by atoms with Gasteiger partial charge >= 0.3 is 0 Å². The topological polar surface area (TPSA) is 158 Å². The summed E-state index contributed by atoms with van der Waals surface area (Å²) in [7, 11) is 2.75. The Balaban J connectivity index is 1.38. The fourth-order valence-electron chi connectivity index (χ4n) is 6.80. The van der Waals surface area contributed by atoms with Gasteiger partial charge in [-0.05, 0) is 37.1 Å². The molecule has 4 aliphatic rings. The van der Waals surface area contributed by atoms with Crippen LogP contribution in [0.4, 0.5) is 11.4 Å². The minimum absolute atomic E-state index is 0.116. The third-order valence-electron chi connectivity index (χ3n) is 9.15. The first-order valence-electron chi connectivity index (χ1n) is 14.8. The summed E-state index contributed by atoms with van der Waals surface area (Å²) in [4.78, 5) is 56.0. The van der Waals surface area contributed by atoms with Crippen molar-refractivity contribution < 1.29 is 38.9 Å². The van der Waals surface area contributed by atoms with Crippen LogP contribution in [0, 0.1) is 18.3 Å². The number of benzene rings is 2. The molecule has 2 aromatic carbocycles. The van der Waals surface area contributed by atoms with E-state index in [2.05, 4.69) is 29.7 Å². The maximum absolute atomic E-state index is 13.5. The van der Waals surface area contributed by atoms with Gasteiger partial charge in [0.1, 0.15) is 23.6 Å². The van der Waals surface area contributed by atoms with Gasteiger partial charge in [0.25, 0.3) is 11.8 Å². The van der Waals surface area contributed by atoms with Crippen molar-refractivity contribution in [3.05, 3.63) is 70.8 Å². The van der Waals surface area contributed by atoms with Crippen LogP contribution in [-0.4, -0.2) is 83.0 Å². The molecule has 0 bridgehead atoms. The number of terminal acetylenes is 1. The maximum atomic E-state index is 13.5. The molecule has 0 radical (unpaired) electrons.